The van der Waals surface area contributed by atoms with E-state index in [1.54, 1.807) is 11.2 Å². The minimum Gasteiger partial charge on any atom is -0.309 e. The SMILES string of the molecule is CC1(c2ccc(-c3ccc4c(c3)C(=O)N(c3cccc(-c5nncn5C5CC5)n3)C4)cc2)CC1. The summed E-state index contributed by atoms with van der Waals surface area (Å²) in [7, 11) is 0. The summed E-state index contributed by atoms with van der Waals surface area (Å²) < 4.78 is 2.09. The van der Waals surface area contributed by atoms with Gasteiger partial charge in [-0.05, 0) is 71.6 Å². The maximum atomic E-state index is 13.4. The molecular weight excluding hydrogens is 422 g/mol. The maximum absolute atomic E-state index is 13.4. The fourth-order valence-electron chi connectivity index (χ4n) is 4.95. The molecule has 2 fully saturated rings. The molecule has 4 aromatic rings. The van der Waals surface area contributed by atoms with Crippen molar-refractivity contribution in [3.63, 3.8) is 0 Å². The molecule has 0 N–H and O–H groups in total. The number of hydrogen-bond donors (Lipinski definition) is 0. The summed E-state index contributed by atoms with van der Waals surface area (Å²) in [5.74, 6) is 1.40. The highest BCUT2D eigenvalue weighted by Gasteiger charge is 2.38. The molecule has 0 unspecified atom stereocenters. The number of fused-ring (bicyclic) bond motifs is 1. The highest BCUT2D eigenvalue weighted by Crippen LogP contribution is 2.47. The van der Waals surface area contributed by atoms with Crippen LogP contribution in [0.2, 0.25) is 0 Å². The second kappa shape index (κ2) is 7.10. The number of pyridine rings is 1. The van der Waals surface area contributed by atoms with Crippen LogP contribution in [0, 0.1) is 0 Å². The molecule has 2 aromatic heterocycles. The van der Waals surface area contributed by atoms with Crippen LogP contribution in [0.4, 0.5) is 5.82 Å². The molecule has 0 radical (unpaired) electrons. The van der Waals surface area contributed by atoms with Gasteiger partial charge in [0.25, 0.3) is 5.91 Å². The monoisotopic (exact) mass is 447 g/mol. The number of anilines is 1. The van der Waals surface area contributed by atoms with Crippen LogP contribution in [0.15, 0.2) is 67.0 Å². The van der Waals surface area contributed by atoms with Crippen molar-refractivity contribution in [3.05, 3.63) is 83.7 Å². The van der Waals surface area contributed by atoms with E-state index in [1.165, 1.54) is 18.4 Å². The van der Waals surface area contributed by atoms with E-state index in [0.717, 1.165) is 46.6 Å². The van der Waals surface area contributed by atoms with Gasteiger partial charge in [-0.25, -0.2) is 4.98 Å². The van der Waals surface area contributed by atoms with E-state index in [-0.39, 0.29) is 5.91 Å². The molecule has 0 atom stereocenters. The average Bonchev–Trinajstić information content (AvgIpc) is 3.78. The van der Waals surface area contributed by atoms with E-state index in [9.17, 15) is 4.79 Å². The summed E-state index contributed by atoms with van der Waals surface area (Å²) in [6.45, 7) is 2.85. The Labute approximate surface area is 198 Å². The van der Waals surface area contributed by atoms with Gasteiger partial charge in [0.1, 0.15) is 17.8 Å². The first-order valence-corrected chi connectivity index (χ1v) is 12.0. The number of hydrogen-bond acceptors (Lipinski definition) is 4. The van der Waals surface area contributed by atoms with Crippen LogP contribution < -0.4 is 4.90 Å². The van der Waals surface area contributed by atoms with Gasteiger partial charge in [-0.1, -0.05) is 49.4 Å². The van der Waals surface area contributed by atoms with E-state index in [4.69, 9.17) is 4.98 Å². The first kappa shape index (κ1) is 19.6. The molecule has 2 aliphatic carbocycles. The summed E-state index contributed by atoms with van der Waals surface area (Å²) in [6.07, 6.45) is 6.61. The Balaban J connectivity index is 1.17. The molecule has 3 heterocycles. The van der Waals surface area contributed by atoms with Gasteiger partial charge in [0.15, 0.2) is 5.82 Å². The van der Waals surface area contributed by atoms with Crippen LogP contribution in [0.25, 0.3) is 22.6 Å². The van der Waals surface area contributed by atoms with Gasteiger partial charge < -0.3 is 4.57 Å². The zero-order chi connectivity index (χ0) is 22.9. The van der Waals surface area contributed by atoms with Crippen LogP contribution in [0.5, 0.6) is 0 Å². The predicted molar refractivity (Wildman–Crippen MR) is 131 cm³/mol. The molecule has 1 aliphatic heterocycles. The average molecular weight is 448 g/mol. The third-order valence-electron chi connectivity index (χ3n) is 7.58. The van der Waals surface area contributed by atoms with E-state index in [2.05, 4.69) is 58.1 Å². The van der Waals surface area contributed by atoms with Gasteiger partial charge in [-0.15, -0.1) is 10.2 Å². The number of rotatable bonds is 5. The van der Waals surface area contributed by atoms with Crippen molar-refractivity contribution in [1.82, 2.24) is 19.7 Å². The molecule has 7 rings (SSSR count). The summed E-state index contributed by atoms with van der Waals surface area (Å²) in [6, 6.07) is 21.3. The van der Waals surface area contributed by atoms with Gasteiger partial charge in [0.2, 0.25) is 0 Å². The zero-order valence-corrected chi connectivity index (χ0v) is 19.1. The lowest BCUT2D eigenvalue weighted by atomic mass is 9.94. The molecule has 168 valence electrons. The van der Waals surface area contributed by atoms with Crippen LogP contribution >= 0.6 is 0 Å². The van der Waals surface area contributed by atoms with Gasteiger partial charge in [-0.2, -0.15) is 0 Å². The highest BCUT2D eigenvalue weighted by molar-refractivity contribution is 6.10. The standard InChI is InChI=1S/C28H25N5O/c1-28(13-14-28)21-9-7-18(8-10-21)19-5-6-20-16-32(27(34)23(20)15-19)25-4-2-3-24(30-25)26-31-29-17-33(26)22-11-12-22/h2-10,15,17,22H,11-14,16H2,1H3. The quantitative estimate of drug-likeness (QED) is 0.402. The van der Waals surface area contributed by atoms with E-state index in [0.29, 0.717) is 23.8 Å². The van der Waals surface area contributed by atoms with Crippen molar-refractivity contribution in [2.24, 2.45) is 0 Å². The van der Waals surface area contributed by atoms with Crippen molar-refractivity contribution in [2.45, 2.75) is 50.6 Å². The Kier molecular flexibility index (Phi) is 4.10. The molecule has 2 saturated carbocycles. The molecule has 3 aliphatic rings. The second-order valence-electron chi connectivity index (χ2n) is 10.1. The first-order valence-electron chi connectivity index (χ1n) is 12.0. The lowest BCUT2D eigenvalue weighted by molar-refractivity contribution is 0.0996. The molecule has 34 heavy (non-hydrogen) atoms. The smallest absolute Gasteiger partial charge is 0.260 e. The Bertz CT molecular complexity index is 1430. The second-order valence-corrected chi connectivity index (χ2v) is 10.1. The number of carbonyl (C=O) groups excluding carboxylic acids is 1. The normalized spacial score (nSPS) is 18.3. The Morgan fingerprint density at radius 3 is 2.53 bits per heavy atom. The molecule has 0 saturated heterocycles. The largest absolute Gasteiger partial charge is 0.309 e. The topological polar surface area (TPSA) is 63.9 Å². The molecule has 6 nitrogen and oxygen atoms in total. The van der Waals surface area contributed by atoms with Crippen LogP contribution in [0.3, 0.4) is 0 Å². The number of carbonyl (C=O) groups is 1. The Morgan fingerprint density at radius 2 is 1.76 bits per heavy atom. The Morgan fingerprint density at radius 1 is 0.971 bits per heavy atom. The molecule has 0 spiro atoms. The van der Waals surface area contributed by atoms with E-state index >= 15 is 0 Å². The zero-order valence-electron chi connectivity index (χ0n) is 19.1. The van der Waals surface area contributed by atoms with E-state index in [1.807, 2.05) is 24.3 Å². The van der Waals surface area contributed by atoms with Gasteiger partial charge in [0, 0.05) is 11.6 Å². The third kappa shape index (κ3) is 3.16. The van der Waals surface area contributed by atoms with Crippen molar-refractivity contribution >= 4 is 11.7 Å². The minimum atomic E-state index is -0.00716. The van der Waals surface area contributed by atoms with Crippen molar-refractivity contribution in [1.29, 1.82) is 0 Å². The Hall–Kier alpha value is -3.80. The summed E-state index contributed by atoms with van der Waals surface area (Å²) in [5.41, 5.74) is 6.51. The van der Waals surface area contributed by atoms with Crippen molar-refractivity contribution in [2.75, 3.05) is 4.90 Å². The third-order valence-corrected chi connectivity index (χ3v) is 7.58. The molecule has 2 aromatic carbocycles. The van der Waals surface area contributed by atoms with Crippen molar-refractivity contribution < 1.29 is 4.79 Å². The van der Waals surface area contributed by atoms with Gasteiger partial charge in [-0.3, -0.25) is 9.69 Å². The van der Waals surface area contributed by atoms with Crippen LogP contribution in [-0.4, -0.2) is 25.7 Å². The molecule has 1 amide bonds. The minimum absolute atomic E-state index is 0.00716. The lowest BCUT2D eigenvalue weighted by Gasteiger charge is -2.15. The predicted octanol–water partition coefficient (Wildman–Crippen LogP) is 5.55. The summed E-state index contributed by atoms with van der Waals surface area (Å²) in [4.78, 5) is 20.0. The fourth-order valence-corrected chi connectivity index (χ4v) is 4.95. The molecule has 6 heteroatoms. The number of amides is 1. The van der Waals surface area contributed by atoms with Crippen LogP contribution in [-0.2, 0) is 12.0 Å². The van der Waals surface area contributed by atoms with Gasteiger partial charge in [0.05, 0.1) is 6.54 Å². The van der Waals surface area contributed by atoms with E-state index < -0.39 is 0 Å². The highest BCUT2D eigenvalue weighted by atomic mass is 16.2. The maximum Gasteiger partial charge on any atom is 0.260 e. The first-order chi connectivity index (χ1) is 16.6. The molecular formula is C28H25N5O. The molecule has 0 bridgehead atoms. The summed E-state index contributed by atoms with van der Waals surface area (Å²) >= 11 is 0. The van der Waals surface area contributed by atoms with Gasteiger partial charge >= 0.3 is 0 Å². The van der Waals surface area contributed by atoms with Crippen molar-refractivity contribution in [3.8, 4) is 22.6 Å². The number of aromatic nitrogens is 4. The summed E-state index contributed by atoms with van der Waals surface area (Å²) in [5, 5.41) is 8.38. The van der Waals surface area contributed by atoms with Crippen LogP contribution in [0.1, 0.15) is 60.1 Å². The fraction of sp³-hybridized carbons (Fsp3) is 0.286. The lowest BCUT2D eigenvalue weighted by Crippen LogP contribution is -2.24. The number of nitrogens with zero attached hydrogens (tertiary/aromatic N) is 5. The number of benzene rings is 2.